The first-order valence-electron chi connectivity index (χ1n) is 7.04. The summed E-state index contributed by atoms with van der Waals surface area (Å²) in [6.45, 7) is 1.93. The summed E-state index contributed by atoms with van der Waals surface area (Å²) in [7, 11) is 0. The molecule has 3 rings (SSSR count). The molecule has 20 heavy (non-hydrogen) atoms. The van der Waals surface area contributed by atoms with Crippen molar-refractivity contribution in [2.75, 3.05) is 13.1 Å². The fourth-order valence-corrected chi connectivity index (χ4v) is 2.63. The zero-order chi connectivity index (χ0) is 13.2. The number of hydrogen-bond acceptors (Lipinski definition) is 2. The molecule has 2 N–H and O–H groups in total. The van der Waals surface area contributed by atoms with Crippen LogP contribution in [0.15, 0.2) is 18.2 Å². The van der Waals surface area contributed by atoms with Crippen LogP contribution in [0.2, 0.25) is 0 Å². The molecule has 2 fully saturated rings. The minimum atomic E-state index is -0.308. The maximum atomic E-state index is 13.7. The fraction of sp³-hybridized carbons (Fsp3) is 0.533. The maximum Gasteiger partial charge on any atom is 0.251 e. The third-order valence-corrected chi connectivity index (χ3v) is 3.91. The summed E-state index contributed by atoms with van der Waals surface area (Å²) in [6, 6.07) is 5.07. The number of halogens is 2. The van der Waals surface area contributed by atoms with E-state index in [4.69, 9.17) is 0 Å². The van der Waals surface area contributed by atoms with Gasteiger partial charge in [0.1, 0.15) is 5.82 Å². The predicted molar refractivity (Wildman–Crippen MR) is 79.0 cm³/mol. The molecule has 0 spiro atoms. The van der Waals surface area contributed by atoms with Crippen LogP contribution in [-0.4, -0.2) is 25.0 Å². The number of piperidine rings is 1. The van der Waals surface area contributed by atoms with Crippen molar-refractivity contribution in [3.05, 3.63) is 35.1 Å². The molecule has 1 aliphatic heterocycles. The van der Waals surface area contributed by atoms with Crippen LogP contribution in [0.3, 0.4) is 0 Å². The number of carbonyl (C=O) groups excluding carboxylic acids is 1. The number of hydrogen-bond donors (Lipinski definition) is 2. The Labute approximate surface area is 124 Å². The average Bonchev–Trinajstić information content (AvgIpc) is 3.23. The highest BCUT2D eigenvalue weighted by Crippen LogP contribution is 2.27. The van der Waals surface area contributed by atoms with E-state index in [1.807, 2.05) is 6.07 Å². The first-order chi connectivity index (χ1) is 9.22. The Morgan fingerprint density at radius 3 is 2.50 bits per heavy atom. The second-order valence-electron chi connectivity index (χ2n) is 5.55. The van der Waals surface area contributed by atoms with Crippen molar-refractivity contribution < 1.29 is 9.18 Å². The number of rotatable bonds is 3. The first-order valence-corrected chi connectivity index (χ1v) is 7.04. The van der Waals surface area contributed by atoms with Crippen molar-refractivity contribution in [3.8, 4) is 0 Å². The topological polar surface area (TPSA) is 41.1 Å². The molecule has 1 amide bonds. The molecule has 3 nitrogen and oxygen atoms in total. The normalized spacial score (nSPS) is 19.2. The summed E-state index contributed by atoms with van der Waals surface area (Å²) in [5.74, 6) is -0.0846. The van der Waals surface area contributed by atoms with Gasteiger partial charge in [0.05, 0.1) is 0 Å². The average molecular weight is 299 g/mol. The molecule has 0 aromatic heterocycles. The van der Waals surface area contributed by atoms with Gasteiger partial charge in [-0.2, -0.15) is 0 Å². The highest BCUT2D eigenvalue weighted by atomic mass is 35.5. The van der Waals surface area contributed by atoms with Crippen molar-refractivity contribution >= 4 is 18.3 Å². The molecule has 2 aliphatic rings. The van der Waals surface area contributed by atoms with E-state index in [-0.39, 0.29) is 24.1 Å². The quantitative estimate of drug-likeness (QED) is 0.900. The van der Waals surface area contributed by atoms with E-state index in [0.717, 1.165) is 44.3 Å². The first kappa shape index (κ1) is 15.3. The van der Waals surface area contributed by atoms with Crippen LogP contribution in [0.1, 0.15) is 47.5 Å². The Morgan fingerprint density at radius 2 is 1.85 bits per heavy atom. The number of amides is 1. The third-order valence-electron chi connectivity index (χ3n) is 3.91. The van der Waals surface area contributed by atoms with Gasteiger partial charge in [0, 0.05) is 11.6 Å². The lowest BCUT2D eigenvalue weighted by molar-refractivity contribution is 0.0950. The minimum Gasteiger partial charge on any atom is -0.349 e. The zero-order valence-electron chi connectivity index (χ0n) is 11.3. The molecular formula is C15H20ClFN2O. The van der Waals surface area contributed by atoms with Gasteiger partial charge >= 0.3 is 0 Å². The molecule has 1 aromatic carbocycles. The standard InChI is InChI=1S/C15H19FN2O.ClH/c16-13-8-11(10-3-5-17-6-4-10)7-12(9-13)15(19)18-14-1-2-14;/h7-10,14,17H,1-6H2,(H,18,19);1H. The predicted octanol–water partition coefficient (Wildman–Crippen LogP) is 2.61. The van der Waals surface area contributed by atoms with Crippen molar-refractivity contribution in [2.24, 2.45) is 0 Å². The molecule has 5 heteroatoms. The Balaban J connectivity index is 0.00000147. The van der Waals surface area contributed by atoms with Gasteiger partial charge in [-0.3, -0.25) is 4.79 Å². The molecule has 0 atom stereocenters. The zero-order valence-corrected chi connectivity index (χ0v) is 12.1. The Hall–Kier alpha value is -1.13. The minimum absolute atomic E-state index is 0. The van der Waals surface area contributed by atoms with Gasteiger partial charge in [-0.15, -0.1) is 12.4 Å². The van der Waals surface area contributed by atoms with Gasteiger partial charge in [-0.25, -0.2) is 4.39 Å². The van der Waals surface area contributed by atoms with E-state index in [9.17, 15) is 9.18 Å². The van der Waals surface area contributed by atoms with Gasteiger partial charge < -0.3 is 10.6 Å². The van der Waals surface area contributed by atoms with Crippen LogP contribution in [0.4, 0.5) is 4.39 Å². The van der Waals surface area contributed by atoms with E-state index in [1.165, 1.54) is 6.07 Å². The van der Waals surface area contributed by atoms with Crippen LogP contribution in [-0.2, 0) is 0 Å². The van der Waals surface area contributed by atoms with E-state index in [2.05, 4.69) is 10.6 Å². The molecular weight excluding hydrogens is 279 g/mol. The lowest BCUT2D eigenvalue weighted by atomic mass is 9.89. The molecule has 1 aliphatic carbocycles. The summed E-state index contributed by atoms with van der Waals surface area (Å²) < 4.78 is 13.7. The summed E-state index contributed by atoms with van der Waals surface area (Å²) >= 11 is 0. The van der Waals surface area contributed by atoms with Crippen LogP contribution >= 0.6 is 12.4 Å². The monoisotopic (exact) mass is 298 g/mol. The summed E-state index contributed by atoms with van der Waals surface area (Å²) in [5.41, 5.74) is 1.42. The van der Waals surface area contributed by atoms with Crippen molar-refractivity contribution in [2.45, 2.75) is 37.6 Å². The second-order valence-corrected chi connectivity index (χ2v) is 5.55. The van der Waals surface area contributed by atoms with Crippen LogP contribution < -0.4 is 10.6 Å². The maximum absolute atomic E-state index is 13.7. The number of nitrogens with one attached hydrogen (secondary N) is 2. The van der Waals surface area contributed by atoms with E-state index < -0.39 is 0 Å². The van der Waals surface area contributed by atoms with Crippen molar-refractivity contribution in [1.82, 2.24) is 10.6 Å². The molecule has 1 heterocycles. The Bertz CT molecular complexity index is 485. The van der Waals surface area contributed by atoms with Gasteiger partial charge in [-0.1, -0.05) is 0 Å². The molecule has 1 saturated heterocycles. The lowest BCUT2D eigenvalue weighted by Gasteiger charge is -2.23. The van der Waals surface area contributed by atoms with Gasteiger partial charge in [0.15, 0.2) is 0 Å². The molecule has 1 saturated carbocycles. The number of benzene rings is 1. The fourth-order valence-electron chi connectivity index (χ4n) is 2.63. The van der Waals surface area contributed by atoms with E-state index >= 15 is 0 Å². The van der Waals surface area contributed by atoms with E-state index in [1.54, 1.807) is 6.07 Å². The van der Waals surface area contributed by atoms with Crippen molar-refractivity contribution in [3.63, 3.8) is 0 Å². The molecule has 110 valence electrons. The largest absolute Gasteiger partial charge is 0.349 e. The van der Waals surface area contributed by atoms with Crippen LogP contribution in [0.25, 0.3) is 0 Å². The third kappa shape index (κ3) is 3.70. The molecule has 0 radical (unpaired) electrons. The smallest absolute Gasteiger partial charge is 0.251 e. The summed E-state index contributed by atoms with van der Waals surface area (Å²) in [5, 5.41) is 6.21. The summed E-state index contributed by atoms with van der Waals surface area (Å²) in [4.78, 5) is 12.0. The lowest BCUT2D eigenvalue weighted by Crippen LogP contribution is -2.28. The summed E-state index contributed by atoms with van der Waals surface area (Å²) in [6.07, 6.45) is 4.10. The van der Waals surface area contributed by atoms with Gasteiger partial charge in [0.2, 0.25) is 0 Å². The number of carbonyl (C=O) groups is 1. The molecule has 0 unspecified atom stereocenters. The molecule has 1 aromatic rings. The van der Waals surface area contributed by atoms with E-state index in [0.29, 0.717) is 17.5 Å². The SMILES string of the molecule is Cl.O=C(NC1CC1)c1cc(F)cc(C2CCNCC2)c1. The molecule has 0 bridgehead atoms. The van der Waals surface area contributed by atoms with Gasteiger partial charge in [0.25, 0.3) is 5.91 Å². The van der Waals surface area contributed by atoms with Crippen LogP contribution in [0, 0.1) is 5.82 Å². The Kier molecular flexibility index (Phi) is 5.00. The highest BCUT2D eigenvalue weighted by molar-refractivity contribution is 5.94. The van der Waals surface area contributed by atoms with Gasteiger partial charge in [-0.05, 0) is 68.5 Å². The second kappa shape index (κ2) is 6.55. The Morgan fingerprint density at radius 1 is 1.15 bits per heavy atom. The van der Waals surface area contributed by atoms with Crippen molar-refractivity contribution in [1.29, 1.82) is 0 Å². The van der Waals surface area contributed by atoms with Crippen LogP contribution in [0.5, 0.6) is 0 Å². The highest BCUT2D eigenvalue weighted by Gasteiger charge is 2.24.